The molecule has 0 saturated heterocycles. The largest absolute Gasteiger partial charge is 0.271 e. The summed E-state index contributed by atoms with van der Waals surface area (Å²) in [7, 11) is -1.35. The first-order valence-corrected chi connectivity index (χ1v) is 14.7. The van der Waals surface area contributed by atoms with E-state index >= 15 is 0 Å². The molecule has 0 aliphatic heterocycles. The molecule has 0 heterocycles. The maximum atomic E-state index is 5.57. The first-order valence-electron chi connectivity index (χ1n) is 12.8. The van der Waals surface area contributed by atoms with E-state index in [4.69, 9.17) is 4.74 Å². The van der Waals surface area contributed by atoms with Crippen LogP contribution in [0.1, 0.15) is 92.1 Å². The minimum atomic E-state index is -1.35. The van der Waals surface area contributed by atoms with Crippen molar-refractivity contribution in [2.75, 3.05) is 0 Å². The van der Waals surface area contributed by atoms with Crippen molar-refractivity contribution < 1.29 is 21.7 Å². The number of allylic oxidation sites excluding steroid dienone is 5. The van der Waals surface area contributed by atoms with E-state index in [0.29, 0.717) is 0 Å². The maximum absolute atomic E-state index is 5.57. The third kappa shape index (κ3) is 10.5. The normalized spacial score (nSPS) is 17.1. The van der Waals surface area contributed by atoms with E-state index in [1.807, 2.05) is 30.4 Å². The van der Waals surface area contributed by atoms with Crippen molar-refractivity contribution in [2.45, 2.75) is 103 Å². The first kappa shape index (κ1) is 32.1. The summed E-state index contributed by atoms with van der Waals surface area (Å²) in [5, 5.41) is 0. The summed E-state index contributed by atoms with van der Waals surface area (Å²) in [6.07, 6.45) is 21.3. The zero-order chi connectivity index (χ0) is 23.8. The monoisotopic (exact) mass is 501 g/mol. The molecule has 0 saturated carbocycles. The molecule has 3 heteroatoms. The Morgan fingerprint density at radius 2 is 1.42 bits per heavy atom. The fourth-order valence-corrected chi connectivity index (χ4v) is 10.8. The molecule has 33 heavy (non-hydrogen) atoms. The summed E-state index contributed by atoms with van der Waals surface area (Å²) in [6, 6.07) is 10.1. The van der Waals surface area contributed by atoms with Gasteiger partial charge in [0.15, 0.2) is 0 Å². The van der Waals surface area contributed by atoms with Crippen molar-refractivity contribution in [1.29, 1.82) is 0 Å². The van der Waals surface area contributed by atoms with Crippen LogP contribution in [0.4, 0.5) is 0 Å². The zero-order valence-electron chi connectivity index (χ0n) is 22.1. The second-order valence-electron chi connectivity index (χ2n) is 9.10. The van der Waals surface area contributed by atoms with E-state index in [1.54, 1.807) is 6.08 Å². The molecule has 0 amide bonds. The summed E-state index contributed by atoms with van der Waals surface area (Å²) >= 11 is 0. The van der Waals surface area contributed by atoms with E-state index in [1.165, 1.54) is 49.8 Å². The predicted octanol–water partition coefficient (Wildman–Crippen LogP) is 10.5. The van der Waals surface area contributed by atoms with Crippen molar-refractivity contribution in [1.82, 2.24) is 0 Å². The van der Waals surface area contributed by atoms with Gasteiger partial charge in [0.2, 0.25) is 0 Å². The van der Waals surface area contributed by atoms with E-state index in [9.17, 15) is 0 Å². The Morgan fingerprint density at radius 1 is 0.909 bits per heavy atom. The van der Waals surface area contributed by atoms with Gasteiger partial charge < -0.3 is 0 Å². The molecule has 0 N–H and O–H groups in total. The number of hydrogen-bond donors (Lipinski definition) is 0. The van der Waals surface area contributed by atoms with E-state index < -0.39 is 7.05 Å². The van der Waals surface area contributed by atoms with Gasteiger partial charge in [-0.05, 0) is 54.9 Å². The van der Waals surface area contributed by atoms with Gasteiger partial charge in [0.05, 0.1) is 0 Å². The van der Waals surface area contributed by atoms with Crippen LogP contribution >= 0.6 is 7.05 Å². The van der Waals surface area contributed by atoms with Crippen LogP contribution in [0.5, 0.6) is 0 Å². The molecule has 0 fully saturated rings. The Balaban J connectivity index is 0.000000779. The van der Waals surface area contributed by atoms with Crippen molar-refractivity contribution in [3.05, 3.63) is 78.6 Å². The number of nitrogens with zero attached hydrogens (tertiary/aromatic N) is 1. The quantitative estimate of drug-likeness (QED) is 0.153. The van der Waals surface area contributed by atoms with Crippen LogP contribution in [0.2, 0.25) is 0 Å². The third-order valence-corrected chi connectivity index (χ3v) is 12.1. The average molecular weight is 502 g/mol. The Hall–Kier alpha value is -0.876. The zero-order valence-corrected chi connectivity index (χ0v) is 24.6. The Labute approximate surface area is 220 Å². The van der Waals surface area contributed by atoms with Crippen LogP contribution in [0.25, 0.3) is 6.08 Å². The van der Waals surface area contributed by atoms with Gasteiger partial charge >= 0.3 is 0 Å². The summed E-state index contributed by atoms with van der Waals surface area (Å²) in [4.78, 5) is 0. The Kier molecular flexibility index (Phi) is 18.0. The molecule has 1 nitrogen and oxygen atoms in total. The summed E-state index contributed by atoms with van der Waals surface area (Å²) in [5.41, 5.74) is 4.86. The van der Waals surface area contributed by atoms with Gasteiger partial charge in [-0.15, -0.1) is 0 Å². The third-order valence-electron chi connectivity index (χ3n) is 6.52. The minimum absolute atomic E-state index is 0. The molecule has 1 aliphatic rings. The second kappa shape index (κ2) is 18.5. The number of rotatable bonds is 12. The van der Waals surface area contributed by atoms with Gasteiger partial charge in [-0.2, -0.15) is 0 Å². The predicted molar refractivity (Wildman–Crippen MR) is 150 cm³/mol. The van der Waals surface area contributed by atoms with Gasteiger partial charge in [0.1, 0.15) is 0 Å². The fraction of sp³-hybridized carbons (Fsp3) is 0.533. The van der Waals surface area contributed by atoms with Gasteiger partial charge in [0, 0.05) is 33.8 Å². The van der Waals surface area contributed by atoms with E-state index in [2.05, 4.69) is 78.5 Å². The van der Waals surface area contributed by atoms with Crippen molar-refractivity contribution in [3.63, 3.8) is 0 Å². The smallest absolute Gasteiger partial charge is 0.0425 e. The molecular weight excluding hydrogens is 453 g/mol. The molecule has 1 aliphatic carbocycles. The van der Waals surface area contributed by atoms with Gasteiger partial charge in [-0.1, -0.05) is 128 Å². The topological polar surface area (TPSA) is 12.4 Å². The number of benzene rings is 1. The minimum Gasteiger partial charge on any atom is -0.271 e. The van der Waals surface area contributed by atoms with Crippen LogP contribution in [-0.4, -0.2) is 17.0 Å². The van der Waals surface area contributed by atoms with Crippen molar-refractivity contribution in [2.24, 2.45) is 4.74 Å². The van der Waals surface area contributed by atoms with Crippen molar-refractivity contribution >= 4 is 13.1 Å². The van der Waals surface area contributed by atoms with Gasteiger partial charge in [-0.3, -0.25) is 4.74 Å². The molecule has 0 radical (unpaired) electrons. The molecule has 182 valence electrons. The first-order chi connectivity index (χ1) is 15.5. The summed E-state index contributed by atoms with van der Waals surface area (Å²) in [6.45, 7) is 18.1. The van der Waals surface area contributed by atoms with Crippen LogP contribution in [0, 0.1) is 0 Å². The molecule has 3 atom stereocenters. The van der Waals surface area contributed by atoms with E-state index in [0.717, 1.165) is 23.4 Å². The fourth-order valence-electron chi connectivity index (χ4n) is 4.95. The standard InChI is InChI=1S/C20H38NP.C10H10.Ti/c1-7-12-17(4)22(18(5)13-8-2,19(6)14-9-3)21-20-15-10-11-16-20;1-2-3-7-10-8-5-4-6-9-10;/h10-11,15,17-19H,7-9,12-14,16H2,1-6H3;2-9H,1H2;. The van der Waals surface area contributed by atoms with E-state index in [-0.39, 0.29) is 21.7 Å². The molecular formula is C30H48NPTi. The van der Waals surface area contributed by atoms with Crippen LogP contribution in [0.3, 0.4) is 0 Å². The van der Waals surface area contributed by atoms with Crippen molar-refractivity contribution in [3.8, 4) is 0 Å². The Morgan fingerprint density at radius 3 is 1.82 bits per heavy atom. The molecule has 0 spiro atoms. The molecule has 0 bridgehead atoms. The summed E-state index contributed by atoms with van der Waals surface area (Å²) in [5.74, 6) is 0. The SMILES string of the molecule is C=CC=Cc1ccccc1.CCCC(C)P(=NC1=CC=CC1)(C(C)CCC)C(C)CCC.[Ti]. The second-order valence-corrected chi connectivity index (χ2v) is 13.5. The van der Waals surface area contributed by atoms with Crippen LogP contribution in [-0.2, 0) is 21.7 Å². The molecule has 2 rings (SSSR count). The maximum Gasteiger partial charge on any atom is 0.0425 e. The molecule has 3 unspecified atom stereocenters. The van der Waals surface area contributed by atoms with Gasteiger partial charge in [0.25, 0.3) is 0 Å². The Bertz CT molecular complexity index is 753. The molecule has 0 aromatic heterocycles. The summed E-state index contributed by atoms with van der Waals surface area (Å²) < 4.78 is 5.57. The van der Waals surface area contributed by atoms with Crippen LogP contribution < -0.4 is 0 Å². The van der Waals surface area contributed by atoms with Gasteiger partial charge in [-0.25, -0.2) is 0 Å². The number of hydrogen-bond acceptors (Lipinski definition) is 1. The molecule has 1 aromatic carbocycles. The molecule has 1 aromatic rings. The van der Waals surface area contributed by atoms with Crippen LogP contribution in [0.15, 0.2) is 77.7 Å². The average Bonchev–Trinajstić information content (AvgIpc) is 3.30.